The first-order valence-corrected chi connectivity index (χ1v) is 5.92. The zero-order valence-corrected chi connectivity index (χ0v) is 10.9. The van der Waals surface area contributed by atoms with E-state index in [0.717, 1.165) is 41.4 Å². The summed E-state index contributed by atoms with van der Waals surface area (Å²) in [4.78, 5) is 22.5. The Bertz CT molecular complexity index is 450. The number of carbonyl (C=O) groups is 2. The van der Waals surface area contributed by atoms with Gasteiger partial charge in [0.1, 0.15) is 0 Å². The van der Waals surface area contributed by atoms with E-state index in [1.54, 1.807) is 0 Å². The summed E-state index contributed by atoms with van der Waals surface area (Å²) in [7, 11) is 1.82. The van der Waals surface area contributed by atoms with Gasteiger partial charge in [0.2, 0.25) is 0 Å². The quantitative estimate of drug-likeness (QED) is 0.795. The molecular formula is C14H19NO2. The molecule has 0 radical (unpaired) electrons. The van der Waals surface area contributed by atoms with Crippen LogP contribution in [0.3, 0.4) is 0 Å². The van der Waals surface area contributed by atoms with E-state index >= 15 is 0 Å². The van der Waals surface area contributed by atoms with Gasteiger partial charge in [-0.3, -0.25) is 9.59 Å². The lowest BCUT2D eigenvalue weighted by Crippen LogP contribution is -2.10. The van der Waals surface area contributed by atoms with Gasteiger partial charge < -0.3 is 5.32 Å². The molecule has 0 aromatic heterocycles. The van der Waals surface area contributed by atoms with Crippen LogP contribution in [0.15, 0.2) is 0 Å². The minimum absolute atomic E-state index is 0.649. The van der Waals surface area contributed by atoms with Crippen molar-refractivity contribution in [2.75, 3.05) is 12.4 Å². The molecule has 3 nitrogen and oxygen atoms in total. The average Bonchev–Trinajstić information content (AvgIpc) is 2.36. The second-order valence-corrected chi connectivity index (χ2v) is 3.98. The molecule has 0 amide bonds. The van der Waals surface area contributed by atoms with Crippen LogP contribution in [-0.4, -0.2) is 19.6 Å². The third kappa shape index (κ3) is 2.09. The van der Waals surface area contributed by atoms with Gasteiger partial charge in [-0.2, -0.15) is 0 Å². The van der Waals surface area contributed by atoms with Gasteiger partial charge in [0.05, 0.1) is 0 Å². The third-order valence-corrected chi connectivity index (χ3v) is 3.25. The van der Waals surface area contributed by atoms with Crippen LogP contribution in [0.5, 0.6) is 0 Å². The highest BCUT2D eigenvalue weighted by molar-refractivity contribution is 5.93. The molecule has 92 valence electrons. The minimum atomic E-state index is 0.649. The summed E-state index contributed by atoms with van der Waals surface area (Å²) in [5.41, 5.74) is 5.03. The van der Waals surface area contributed by atoms with Crippen molar-refractivity contribution in [2.45, 2.75) is 33.6 Å². The summed E-state index contributed by atoms with van der Waals surface area (Å²) in [6, 6.07) is 0. The number of hydrogen-bond donors (Lipinski definition) is 1. The fourth-order valence-electron chi connectivity index (χ4n) is 2.44. The first-order chi connectivity index (χ1) is 8.15. The predicted octanol–water partition coefficient (Wildman–Crippen LogP) is 2.79. The SMILES string of the molecule is CCc1c(C=O)c(C)c(NC)c(CC)c1C=O. The van der Waals surface area contributed by atoms with Crippen LogP contribution in [-0.2, 0) is 12.8 Å². The molecule has 0 spiro atoms. The van der Waals surface area contributed by atoms with E-state index in [2.05, 4.69) is 5.32 Å². The monoisotopic (exact) mass is 233 g/mol. The Hall–Kier alpha value is -1.64. The van der Waals surface area contributed by atoms with Crippen molar-refractivity contribution in [2.24, 2.45) is 0 Å². The molecular weight excluding hydrogens is 214 g/mol. The summed E-state index contributed by atoms with van der Waals surface area (Å²) in [6.07, 6.45) is 3.18. The summed E-state index contributed by atoms with van der Waals surface area (Å²) in [6.45, 7) is 5.90. The lowest BCUT2D eigenvalue weighted by molar-refractivity contribution is 0.112. The van der Waals surface area contributed by atoms with Gasteiger partial charge in [-0.25, -0.2) is 0 Å². The molecule has 1 N–H and O–H groups in total. The molecule has 0 fully saturated rings. The van der Waals surface area contributed by atoms with E-state index in [-0.39, 0.29) is 0 Å². The molecule has 17 heavy (non-hydrogen) atoms. The van der Waals surface area contributed by atoms with Crippen molar-refractivity contribution in [1.82, 2.24) is 0 Å². The van der Waals surface area contributed by atoms with Gasteiger partial charge in [0, 0.05) is 23.9 Å². The number of hydrogen-bond acceptors (Lipinski definition) is 3. The lowest BCUT2D eigenvalue weighted by atomic mass is 9.88. The van der Waals surface area contributed by atoms with E-state index in [1.165, 1.54) is 0 Å². The van der Waals surface area contributed by atoms with Crippen LogP contribution in [0.2, 0.25) is 0 Å². The molecule has 0 saturated heterocycles. The van der Waals surface area contributed by atoms with Crippen molar-refractivity contribution in [3.05, 3.63) is 27.8 Å². The molecule has 0 saturated carbocycles. The number of aldehydes is 2. The Morgan fingerprint density at radius 2 is 1.53 bits per heavy atom. The summed E-state index contributed by atoms with van der Waals surface area (Å²) < 4.78 is 0. The summed E-state index contributed by atoms with van der Waals surface area (Å²) in [5.74, 6) is 0. The topological polar surface area (TPSA) is 46.2 Å². The second-order valence-electron chi connectivity index (χ2n) is 3.98. The first-order valence-electron chi connectivity index (χ1n) is 5.92. The van der Waals surface area contributed by atoms with Crippen LogP contribution >= 0.6 is 0 Å². The van der Waals surface area contributed by atoms with Crippen molar-refractivity contribution in [1.29, 1.82) is 0 Å². The van der Waals surface area contributed by atoms with Gasteiger partial charge >= 0.3 is 0 Å². The molecule has 1 rings (SSSR count). The maximum absolute atomic E-state index is 11.3. The Kier molecular flexibility index (Phi) is 4.44. The molecule has 0 aliphatic carbocycles. The van der Waals surface area contributed by atoms with Crippen molar-refractivity contribution in [3.8, 4) is 0 Å². The zero-order chi connectivity index (χ0) is 13.0. The summed E-state index contributed by atoms with van der Waals surface area (Å²) in [5, 5.41) is 3.10. The second kappa shape index (κ2) is 5.62. The normalized spacial score (nSPS) is 10.1. The van der Waals surface area contributed by atoms with Gasteiger partial charge in [0.25, 0.3) is 0 Å². The highest BCUT2D eigenvalue weighted by Crippen LogP contribution is 2.31. The minimum Gasteiger partial charge on any atom is -0.388 e. The predicted molar refractivity (Wildman–Crippen MR) is 70.3 cm³/mol. The van der Waals surface area contributed by atoms with Gasteiger partial charge in [-0.15, -0.1) is 0 Å². The Morgan fingerprint density at radius 1 is 1.00 bits per heavy atom. The van der Waals surface area contributed by atoms with E-state index in [0.29, 0.717) is 17.5 Å². The van der Waals surface area contributed by atoms with E-state index in [9.17, 15) is 9.59 Å². The molecule has 1 aromatic rings. The molecule has 0 atom stereocenters. The fraction of sp³-hybridized carbons (Fsp3) is 0.429. The number of anilines is 1. The van der Waals surface area contributed by atoms with Crippen LogP contribution in [0, 0.1) is 6.92 Å². The van der Waals surface area contributed by atoms with Crippen LogP contribution in [0.1, 0.15) is 51.3 Å². The van der Waals surface area contributed by atoms with Gasteiger partial charge in [-0.05, 0) is 36.5 Å². The van der Waals surface area contributed by atoms with E-state index < -0.39 is 0 Å². The Morgan fingerprint density at radius 3 is 1.88 bits per heavy atom. The molecule has 0 aliphatic heterocycles. The maximum Gasteiger partial charge on any atom is 0.150 e. The van der Waals surface area contributed by atoms with E-state index in [1.807, 2.05) is 27.8 Å². The number of nitrogens with one attached hydrogen (secondary N) is 1. The smallest absolute Gasteiger partial charge is 0.150 e. The lowest BCUT2D eigenvalue weighted by Gasteiger charge is -2.19. The number of rotatable bonds is 5. The molecule has 1 aromatic carbocycles. The van der Waals surface area contributed by atoms with Crippen molar-refractivity contribution >= 4 is 18.3 Å². The van der Waals surface area contributed by atoms with Crippen LogP contribution in [0.4, 0.5) is 5.69 Å². The molecule has 3 heteroatoms. The Labute approximate surface area is 102 Å². The third-order valence-electron chi connectivity index (χ3n) is 3.25. The van der Waals surface area contributed by atoms with Gasteiger partial charge in [0.15, 0.2) is 12.6 Å². The number of benzene rings is 1. The molecule has 0 unspecified atom stereocenters. The average molecular weight is 233 g/mol. The van der Waals surface area contributed by atoms with Crippen LogP contribution < -0.4 is 5.32 Å². The Balaban J connectivity index is 3.78. The first kappa shape index (κ1) is 13.4. The fourth-order valence-corrected chi connectivity index (χ4v) is 2.44. The highest BCUT2D eigenvalue weighted by Gasteiger charge is 2.18. The zero-order valence-electron chi connectivity index (χ0n) is 10.9. The van der Waals surface area contributed by atoms with Crippen molar-refractivity contribution in [3.63, 3.8) is 0 Å². The van der Waals surface area contributed by atoms with E-state index in [4.69, 9.17) is 0 Å². The summed E-state index contributed by atoms with van der Waals surface area (Å²) >= 11 is 0. The number of carbonyl (C=O) groups excluding carboxylic acids is 2. The largest absolute Gasteiger partial charge is 0.388 e. The molecule has 0 bridgehead atoms. The van der Waals surface area contributed by atoms with Crippen LogP contribution in [0.25, 0.3) is 0 Å². The highest BCUT2D eigenvalue weighted by atomic mass is 16.1. The molecule has 0 heterocycles. The standard InChI is InChI=1S/C14H19NO2/c1-5-10-12(7-16)9(3)14(15-4)11(6-2)13(10)8-17/h7-8,15H,5-6H2,1-4H3. The maximum atomic E-state index is 11.3. The van der Waals surface area contributed by atoms with Crippen molar-refractivity contribution < 1.29 is 9.59 Å². The van der Waals surface area contributed by atoms with Gasteiger partial charge in [-0.1, -0.05) is 13.8 Å². The molecule has 0 aliphatic rings.